The molecule has 0 heterocycles. The second kappa shape index (κ2) is 5.80. The zero-order chi connectivity index (χ0) is 14.8. The van der Waals surface area contributed by atoms with Crippen molar-refractivity contribution in [2.75, 3.05) is 6.61 Å². The molecule has 0 fully saturated rings. The van der Waals surface area contributed by atoms with Gasteiger partial charge in [-0.15, -0.1) is 0 Å². The molecule has 0 rings (SSSR count). The highest BCUT2D eigenvalue weighted by Gasteiger charge is 2.71. The Hall–Kier alpha value is -0.260. The Kier molecular flexibility index (Phi) is 5.72. The third-order valence-electron chi connectivity index (χ3n) is 1.98. The van der Waals surface area contributed by atoms with Gasteiger partial charge >= 0.3 is 18.3 Å². The normalized spacial score (nSPS) is 15.4. The first-order valence-corrected chi connectivity index (χ1v) is 5.78. The third-order valence-corrected chi connectivity index (χ3v) is 3.36. The van der Waals surface area contributed by atoms with Crippen LogP contribution >= 0.6 is 22.6 Å². The summed E-state index contributed by atoms with van der Waals surface area (Å²) < 4.78 is 76.0. The maximum atomic E-state index is 12.2. The number of hydrogen-bond donors (Lipinski definition) is 1. The maximum Gasteiger partial charge on any atom is 0.429 e. The molecule has 0 saturated carbocycles. The van der Waals surface area contributed by atoms with Gasteiger partial charge in [0.2, 0.25) is 0 Å². The molecule has 0 bridgehead atoms. The van der Waals surface area contributed by atoms with E-state index in [2.05, 4.69) is 4.74 Å². The van der Waals surface area contributed by atoms with Crippen molar-refractivity contribution >= 4 is 28.6 Å². The molecule has 0 aromatic rings. The molecule has 0 aromatic carbocycles. The molecule has 0 aliphatic carbocycles. The average Bonchev–Trinajstić information content (AvgIpc) is 2.20. The van der Waals surface area contributed by atoms with Crippen LogP contribution in [0.4, 0.5) is 26.3 Å². The fourth-order valence-corrected chi connectivity index (χ4v) is 0.937. The van der Waals surface area contributed by atoms with Crippen molar-refractivity contribution in [1.82, 2.24) is 0 Å². The second-order valence-corrected chi connectivity index (χ2v) is 4.84. The molecule has 0 saturated heterocycles. The minimum atomic E-state index is -5.99. The Morgan fingerprint density at radius 3 is 1.89 bits per heavy atom. The number of rotatable bonds is 4. The molecule has 1 unspecified atom stereocenters. The molecule has 0 aromatic heterocycles. The summed E-state index contributed by atoms with van der Waals surface area (Å²) >= 11 is 1.51. The second-order valence-electron chi connectivity index (χ2n) is 3.34. The van der Waals surface area contributed by atoms with E-state index < -0.39 is 34.5 Å². The molecule has 10 heteroatoms. The van der Waals surface area contributed by atoms with Crippen molar-refractivity contribution < 1.29 is 41.0 Å². The molecular formula is C8H9F6IO3. The minimum absolute atomic E-state index is 0.176. The van der Waals surface area contributed by atoms with Gasteiger partial charge in [-0.1, -0.05) is 29.5 Å². The zero-order valence-corrected chi connectivity index (χ0v) is 11.1. The number of esters is 1. The number of carbonyl (C=O) groups is 1. The summed E-state index contributed by atoms with van der Waals surface area (Å²) in [6.45, 7) is -0.712. The number of halogens is 7. The van der Waals surface area contributed by atoms with E-state index in [9.17, 15) is 31.1 Å². The van der Waals surface area contributed by atoms with Gasteiger partial charge in [0, 0.05) is 0 Å². The van der Waals surface area contributed by atoms with E-state index in [1.165, 1.54) is 29.5 Å². The number of hydrogen-bond acceptors (Lipinski definition) is 3. The van der Waals surface area contributed by atoms with E-state index in [-0.39, 0.29) is 6.42 Å². The number of alkyl halides is 7. The van der Waals surface area contributed by atoms with Crippen LogP contribution in [-0.2, 0) is 9.53 Å². The summed E-state index contributed by atoms with van der Waals surface area (Å²) in [7, 11) is 0. The van der Waals surface area contributed by atoms with Crippen LogP contribution in [0.2, 0.25) is 0 Å². The monoisotopic (exact) mass is 394 g/mol. The molecule has 0 spiro atoms. The van der Waals surface area contributed by atoms with Crippen LogP contribution in [0.15, 0.2) is 0 Å². The SMILES string of the molecule is CCC(I)C(=O)OCC(O)(C(F)(F)F)C(F)(F)F. The lowest BCUT2D eigenvalue weighted by Crippen LogP contribution is -2.60. The van der Waals surface area contributed by atoms with Gasteiger partial charge in [-0.25, -0.2) is 0 Å². The predicted octanol–water partition coefficient (Wildman–Crippen LogP) is 2.60. The Morgan fingerprint density at radius 1 is 1.22 bits per heavy atom. The minimum Gasteiger partial charge on any atom is -0.461 e. The summed E-state index contributed by atoms with van der Waals surface area (Å²) in [6.07, 6.45) is -11.8. The van der Waals surface area contributed by atoms with E-state index in [4.69, 9.17) is 5.11 Å². The Labute approximate surface area is 112 Å². The largest absolute Gasteiger partial charge is 0.461 e. The number of carbonyl (C=O) groups excluding carboxylic acids is 1. The highest BCUT2D eigenvalue weighted by atomic mass is 127. The number of ether oxygens (including phenoxy) is 1. The highest BCUT2D eigenvalue weighted by Crippen LogP contribution is 2.43. The van der Waals surface area contributed by atoms with Crippen LogP contribution in [-0.4, -0.2) is 39.6 Å². The Balaban J connectivity index is 4.92. The van der Waals surface area contributed by atoms with Crippen molar-refractivity contribution in [3.63, 3.8) is 0 Å². The van der Waals surface area contributed by atoms with Gasteiger partial charge < -0.3 is 9.84 Å². The molecule has 18 heavy (non-hydrogen) atoms. The lowest BCUT2D eigenvalue weighted by Gasteiger charge is -2.31. The van der Waals surface area contributed by atoms with Crippen LogP contribution < -0.4 is 0 Å². The first-order valence-electron chi connectivity index (χ1n) is 4.53. The van der Waals surface area contributed by atoms with Crippen molar-refractivity contribution in [2.24, 2.45) is 0 Å². The average molecular weight is 394 g/mol. The smallest absolute Gasteiger partial charge is 0.429 e. The maximum absolute atomic E-state index is 12.2. The van der Waals surface area contributed by atoms with Gasteiger partial charge in [0.25, 0.3) is 5.60 Å². The van der Waals surface area contributed by atoms with Crippen LogP contribution in [0.5, 0.6) is 0 Å². The summed E-state index contributed by atoms with van der Waals surface area (Å²) in [5, 5.41) is 8.66. The molecule has 0 amide bonds. The van der Waals surface area contributed by atoms with Crippen molar-refractivity contribution in [2.45, 2.75) is 35.2 Å². The third kappa shape index (κ3) is 3.87. The van der Waals surface area contributed by atoms with E-state index >= 15 is 0 Å². The molecule has 0 aliphatic rings. The standard InChI is InChI=1S/C8H9F6IO3/c1-2-4(15)5(16)18-3-6(17,7(9,10)11)8(12,13)14/h4,17H,2-3H2,1H3. The molecule has 0 radical (unpaired) electrons. The molecule has 1 atom stereocenters. The Bertz CT molecular complexity index is 286. The summed E-state index contributed by atoms with van der Waals surface area (Å²) in [5.74, 6) is -1.25. The van der Waals surface area contributed by atoms with Gasteiger partial charge in [-0.05, 0) is 6.42 Å². The van der Waals surface area contributed by atoms with Gasteiger partial charge in [0.05, 0.1) is 0 Å². The van der Waals surface area contributed by atoms with Gasteiger partial charge in [-0.2, -0.15) is 26.3 Å². The molecule has 1 N–H and O–H groups in total. The molecular weight excluding hydrogens is 385 g/mol. The highest BCUT2D eigenvalue weighted by molar-refractivity contribution is 14.1. The number of aliphatic hydroxyl groups is 1. The van der Waals surface area contributed by atoms with Gasteiger partial charge in [0.15, 0.2) is 0 Å². The lowest BCUT2D eigenvalue weighted by molar-refractivity contribution is -0.375. The van der Waals surface area contributed by atoms with E-state index in [0.29, 0.717) is 0 Å². The first kappa shape index (κ1) is 17.7. The Morgan fingerprint density at radius 2 is 1.61 bits per heavy atom. The topological polar surface area (TPSA) is 46.5 Å². The van der Waals surface area contributed by atoms with Gasteiger partial charge in [0.1, 0.15) is 10.5 Å². The summed E-state index contributed by atoms with van der Waals surface area (Å²) in [5.41, 5.74) is -5.06. The van der Waals surface area contributed by atoms with Crippen molar-refractivity contribution in [3.05, 3.63) is 0 Å². The van der Waals surface area contributed by atoms with E-state index in [1.54, 1.807) is 0 Å². The van der Waals surface area contributed by atoms with Crippen LogP contribution in [0.3, 0.4) is 0 Å². The fraction of sp³-hybridized carbons (Fsp3) is 0.875. The van der Waals surface area contributed by atoms with E-state index in [1.807, 2.05) is 0 Å². The fourth-order valence-electron chi connectivity index (χ4n) is 0.757. The first-order chi connectivity index (χ1) is 7.87. The zero-order valence-electron chi connectivity index (χ0n) is 8.90. The quantitative estimate of drug-likeness (QED) is 0.345. The summed E-state index contributed by atoms with van der Waals surface area (Å²) in [6, 6.07) is 0. The molecule has 0 aliphatic heterocycles. The molecule has 3 nitrogen and oxygen atoms in total. The molecule has 108 valence electrons. The van der Waals surface area contributed by atoms with Crippen LogP contribution in [0, 0.1) is 0 Å². The van der Waals surface area contributed by atoms with Crippen LogP contribution in [0.1, 0.15) is 13.3 Å². The van der Waals surface area contributed by atoms with Crippen molar-refractivity contribution in [3.8, 4) is 0 Å². The summed E-state index contributed by atoms with van der Waals surface area (Å²) in [4.78, 5) is 11.0. The van der Waals surface area contributed by atoms with Crippen LogP contribution in [0.25, 0.3) is 0 Å². The van der Waals surface area contributed by atoms with Crippen molar-refractivity contribution in [1.29, 1.82) is 0 Å². The lowest BCUT2D eigenvalue weighted by atomic mass is 10.0. The van der Waals surface area contributed by atoms with E-state index in [0.717, 1.165) is 0 Å². The predicted molar refractivity (Wildman–Crippen MR) is 56.1 cm³/mol. The van der Waals surface area contributed by atoms with Gasteiger partial charge in [-0.3, -0.25) is 4.79 Å².